The Hall–Kier alpha value is -2.40. The predicted molar refractivity (Wildman–Crippen MR) is 101 cm³/mol. The van der Waals surface area contributed by atoms with Crippen molar-refractivity contribution in [3.63, 3.8) is 0 Å². The van der Waals surface area contributed by atoms with Crippen molar-refractivity contribution < 1.29 is 4.74 Å². The first-order valence-electron chi connectivity index (χ1n) is 8.08. The zero-order valence-electron chi connectivity index (χ0n) is 13.7. The number of methoxy groups -OCH3 is 1. The molecule has 0 saturated carbocycles. The van der Waals surface area contributed by atoms with Crippen molar-refractivity contribution in [3.05, 3.63) is 65.2 Å². The lowest BCUT2D eigenvalue weighted by molar-refractivity contribution is 0.414. The second-order valence-corrected chi connectivity index (χ2v) is 6.12. The van der Waals surface area contributed by atoms with Gasteiger partial charge in [-0.3, -0.25) is 5.43 Å². The lowest BCUT2D eigenvalue weighted by Gasteiger charge is -2.19. The van der Waals surface area contributed by atoms with Gasteiger partial charge in [-0.25, -0.2) is 0 Å². The van der Waals surface area contributed by atoms with E-state index in [1.807, 2.05) is 24.3 Å². The molecule has 0 bridgehead atoms. The molecule has 0 radical (unpaired) electrons. The fourth-order valence-electron chi connectivity index (χ4n) is 2.82. The van der Waals surface area contributed by atoms with E-state index in [1.54, 1.807) is 7.11 Å². The molecule has 0 spiro atoms. The lowest BCUT2D eigenvalue weighted by atomic mass is 9.90. The number of hydrazone groups is 1. The number of thiocarbonyl (C=S) groups is 1. The van der Waals surface area contributed by atoms with Gasteiger partial charge in [0.2, 0.25) is 0 Å². The molecule has 24 heavy (non-hydrogen) atoms. The van der Waals surface area contributed by atoms with E-state index in [2.05, 4.69) is 40.1 Å². The zero-order chi connectivity index (χ0) is 16.8. The Balaban J connectivity index is 1.62. The summed E-state index contributed by atoms with van der Waals surface area (Å²) in [7, 11) is 1.69. The number of nitrogens with one attached hydrogen (secondary N) is 2. The van der Waals surface area contributed by atoms with Crippen molar-refractivity contribution in [3.8, 4) is 5.75 Å². The normalized spacial score (nSPS) is 14.8. The lowest BCUT2D eigenvalue weighted by Crippen LogP contribution is -2.32. The number of nitrogens with zero attached hydrogens (tertiary/aromatic N) is 1. The standard InChI is InChI=1S/C19H21N3OS/c1-23-16-10-11-17-15(12-16)8-5-9-18(17)21-22-19(24)20-13-14-6-3-2-4-7-14/h2-4,6-7,10-12H,5,8-9,13H2,1H3,(H2,20,22,24). The molecule has 3 rings (SSSR count). The van der Waals surface area contributed by atoms with Crippen molar-refractivity contribution >= 4 is 23.0 Å². The van der Waals surface area contributed by atoms with Gasteiger partial charge in [0.25, 0.3) is 0 Å². The fraction of sp³-hybridized carbons (Fsp3) is 0.263. The van der Waals surface area contributed by atoms with Crippen LogP contribution in [0.4, 0.5) is 0 Å². The maximum Gasteiger partial charge on any atom is 0.187 e. The second kappa shape index (κ2) is 7.93. The maximum atomic E-state index is 5.31. The van der Waals surface area contributed by atoms with E-state index in [0.717, 1.165) is 30.7 Å². The molecule has 0 fully saturated rings. The maximum absolute atomic E-state index is 5.31. The van der Waals surface area contributed by atoms with Gasteiger partial charge in [0.15, 0.2) is 5.11 Å². The van der Waals surface area contributed by atoms with Gasteiger partial charge in [0.1, 0.15) is 5.75 Å². The summed E-state index contributed by atoms with van der Waals surface area (Å²) in [6.45, 7) is 0.686. The van der Waals surface area contributed by atoms with E-state index in [9.17, 15) is 0 Å². The summed E-state index contributed by atoms with van der Waals surface area (Å²) < 4.78 is 5.30. The van der Waals surface area contributed by atoms with Crippen LogP contribution >= 0.6 is 12.2 Å². The molecule has 1 aliphatic rings. The van der Waals surface area contributed by atoms with E-state index >= 15 is 0 Å². The number of ether oxygens (including phenoxy) is 1. The number of rotatable bonds is 4. The third-order valence-corrected chi connectivity index (χ3v) is 4.31. The molecule has 2 N–H and O–H groups in total. The van der Waals surface area contributed by atoms with Gasteiger partial charge in [0.05, 0.1) is 12.8 Å². The van der Waals surface area contributed by atoms with Crippen LogP contribution in [0.2, 0.25) is 0 Å². The van der Waals surface area contributed by atoms with Crippen molar-refractivity contribution in [1.82, 2.24) is 10.7 Å². The van der Waals surface area contributed by atoms with Crippen LogP contribution < -0.4 is 15.5 Å². The SMILES string of the molecule is COc1ccc2c(c1)CCCC2=NNC(=S)NCc1ccccc1. The average molecular weight is 339 g/mol. The highest BCUT2D eigenvalue weighted by Crippen LogP contribution is 2.25. The number of aryl methyl sites for hydroxylation is 1. The molecule has 124 valence electrons. The van der Waals surface area contributed by atoms with Gasteiger partial charge in [-0.15, -0.1) is 0 Å². The van der Waals surface area contributed by atoms with E-state index in [1.165, 1.54) is 16.7 Å². The Morgan fingerprint density at radius 1 is 1.17 bits per heavy atom. The molecular weight excluding hydrogens is 318 g/mol. The number of hydrogen-bond donors (Lipinski definition) is 2. The van der Waals surface area contributed by atoms with Gasteiger partial charge in [-0.1, -0.05) is 30.3 Å². The molecule has 0 unspecified atom stereocenters. The van der Waals surface area contributed by atoms with Crippen LogP contribution in [-0.4, -0.2) is 17.9 Å². The first kappa shape index (κ1) is 16.5. The van der Waals surface area contributed by atoms with Crippen LogP contribution in [0.15, 0.2) is 53.6 Å². The zero-order valence-corrected chi connectivity index (χ0v) is 14.5. The molecular formula is C19H21N3OS. The number of fused-ring (bicyclic) bond motifs is 1. The van der Waals surface area contributed by atoms with Gasteiger partial charge < -0.3 is 10.1 Å². The Labute approximate surface area is 147 Å². The molecule has 0 atom stereocenters. The third-order valence-electron chi connectivity index (χ3n) is 4.07. The highest BCUT2D eigenvalue weighted by molar-refractivity contribution is 7.80. The highest BCUT2D eigenvalue weighted by atomic mass is 32.1. The summed E-state index contributed by atoms with van der Waals surface area (Å²) in [5.74, 6) is 0.892. The van der Waals surface area contributed by atoms with Crippen LogP contribution in [-0.2, 0) is 13.0 Å². The van der Waals surface area contributed by atoms with Gasteiger partial charge in [-0.05, 0) is 60.8 Å². The first-order valence-corrected chi connectivity index (χ1v) is 8.48. The number of benzene rings is 2. The molecule has 2 aromatic rings. The molecule has 0 amide bonds. The fourth-order valence-corrected chi connectivity index (χ4v) is 2.94. The van der Waals surface area contributed by atoms with Gasteiger partial charge in [0, 0.05) is 12.1 Å². The summed E-state index contributed by atoms with van der Waals surface area (Å²) in [5, 5.41) is 8.22. The van der Waals surface area contributed by atoms with Crippen LogP contribution in [0, 0.1) is 0 Å². The van der Waals surface area contributed by atoms with Crippen LogP contribution in [0.1, 0.15) is 29.5 Å². The topological polar surface area (TPSA) is 45.6 Å². The van der Waals surface area contributed by atoms with Gasteiger partial charge in [-0.2, -0.15) is 5.10 Å². The first-order chi connectivity index (χ1) is 11.8. The predicted octanol–water partition coefficient (Wildman–Crippen LogP) is 3.40. The Bertz CT molecular complexity index is 744. The molecule has 0 saturated heterocycles. The monoisotopic (exact) mass is 339 g/mol. The Kier molecular flexibility index (Phi) is 5.43. The van der Waals surface area contributed by atoms with Crippen molar-refractivity contribution in [1.29, 1.82) is 0 Å². The Morgan fingerprint density at radius 3 is 2.79 bits per heavy atom. The minimum absolute atomic E-state index is 0.534. The smallest absolute Gasteiger partial charge is 0.187 e. The second-order valence-electron chi connectivity index (χ2n) is 5.72. The quantitative estimate of drug-likeness (QED) is 0.662. The third kappa shape index (κ3) is 4.11. The van der Waals surface area contributed by atoms with E-state index in [4.69, 9.17) is 17.0 Å². The summed E-state index contributed by atoms with van der Waals surface area (Å²) in [6, 6.07) is 16.3. The molecule has 0 heterocycles. The van der Waals surface area contributed by atoms with Crippen molar-refractivity contribution in [2.24, 2.45) is 5.10 Å². The molecule has 2 aromatic carbocycles. The van der Waals surface area contributed by atoms with Crippen LogP contribution in [0.3, 0.4) is 0 Å². The largest absolute Gasteiger partial charge is 0.497 e. The summed E-state index contributed by atoms with van der Waals surface area (Å²) in [6.07, 6.45) is 3.10. The van der Waals surface area contributed by atoms with Crippen LogP contribution in [0.5, 0.6) is 5.75 Å². The van der Waals surface area contributed by atoms with E-state index in [0.29, 0.717) is 11.7 Å². The minimum Gasteiger partial charge on any atom is -0.497 e. The molecule has 0 aliphatic heterocycles. The number of hydrogen-bond acceptors (Lipinski definition) is 3. The summed E-state index contributed by atoms with van der Waals surface area (Å²) >= 11 is 5.31. The minimum atomic E-state index is 0.534. The van der Waals surface area contributed by atoms with Crippen molar-refractivity contribution in [2.45, 2.75) is 25.8 Å². The average Bonchev–Trinajstić information content (AvgIpc) is 2.65. The Morgan fingerprint density at radius 2 is 2.00 bits per heavy atom. The molecule has 0 aromatic heterocycles. The molecule has 4 nitrogen and oxygen atoms in total. The van der Waals surface area contributed by atoms with E-state index in [-0.39, 0.29) is 0 Å². The highest BCUT2D eigenvalue weighted by Gasteiger charge is 2.16. The van der Waals surface area contributed by atoms with E-state index < -0.39 is 0 Å². The van der Waals surface area contributed by atoms with Crippen molar-refractivity contribution in [2.75, 3.05) is 7.11 Å². The molecule has 5 heteroatoms. The van der Waals surface area contributed by atoms with Gasteiger partial charge >= 0.3 is 0 Å². The summed E-state index contributed by atoms with van der Waals surface area (Å²) in [4.78, 5) is 0. The van der Waals surface area contributed by atoms with Crippen LogP contribution in [0.25, 0.3) is 0 Å². The molecule has 1 aliphatic carbocycles. The summed E-state index contributed by atoms with van der Waals surface area (Å²) in [5.41, 5.74) is 7.66.